The molecule has 0 spiro atoms. The Bertz CT molecular complexity index is 1350. The summed E-state index contributed by atoms with van der Waals surface area (Å²) in [5, 5.41) is 16.6. The van der Waals surface area contributed by atoms with E-state index in [0.29, 0.717) is 6.04 Å². The van der Waals surface area contributed by atoms with Gasteiger partial charge in [0.2, 0.25) is 6.79 Å². The van der Waals surface area contributed by atoms with E-state index in [-0.39, 0.29) is 6.79 Å². The largest absolute Gasteiger partial charge is 0.454 e. The molecule has 4 aliphatic heterocycles. The average Bonchev–Trinajstić information content (AvgIpc) is 3.79. The van der Waals surface area contributed by atoms with E-state index in [4.69, 9.17) is 14.5 Å². The van der Waals surface area contributed by atoms with Crippen LogP contribution < -0.4 is 14.8 Å². The standard InChI is InChI=1S/C33H43N5O3/c39-33(38-17-6-7-26(38)22-37-15-4-5-16-37)28-21-32(34-12-18-36-13-2-1-3-14-36)35-29-10-8-24(19-27(28)29)25-9-11-30-31(20-25)41-23-40-30/h8-11,19-21,26,33,39H,1-7,12-18,22-23H2,(H,34,35)/t26-,33?/m0/s1. The predicted molar refractivity (Wildman–Crippen MR) is 162 cm³/mol. The fourth-order valence-corrected chi connectivity index (χ4v) is 7.15. The molecule has 7 rings (SSSR count). The molecule has 2 aromatic carbocycles. The second-order valence-corrected chi connectivity index (χ2v) is 12.1. The fourth-order valence-electron chi connectivity index (χ4n) is 7.15. The minimum Gasteiger partial charge on any atom is -0.454 e. The van der Waals surface area contributed by atoms with Crippen LogP contribution in [0.5, 0.6) is 11.5 Å². The number of fused-ring (bicyclic) bond motifs is 2. The van der Waals surface area contributed by atoms with E-state index in [1.165, 1.54) is 58.3 Å². The zero-order valence-electron chi connectivity index (χ0n) is 24.1. The number of benzene rings is 2. The van der Waals surface area contributed by atoms with Gasteiger partial charge in [-0.25, -0.2) is 4.98 Å². The molecule has 3 saturated heterocycles. The van der Waals surface area contributed by atoms with Gasteiger partial charge in [-0.05, 0) is 106 Å². The number of piperidine rings is 1. The molecule has 8 nitrogen and oxygen atoms in total. The lowest BCUT2D eigenvalue weighted by Crippen LogP contribution is -2.41. The molecule has 0 bridgehead atoms. The number of ether oxygens (including phenoxy) is 2. The highest BCUT2D eigenvalue weighted by Crippen LogP contribution is 2.38. The van der Waals surface area contributed by atoms with Crippen LogP contribution in [0.25, 0.3) is 22.0 Å². The van der Waals surface area contributed by atoms with Crippen molar-refractivity contribution in [3.8, 4) is 22.6 Å². The molecule has 41 heavy (non-hydrogen) atoms. The van der Waals surface area contributed by atoms with Crippen LogP contribution in [0, 0.1) is 0 Å². The maximum Gasteiger partial charge on any atom is 0.231 e. The molecule has 1 aromatic heterocycles. The Hall–Kier alpha value is -2.91. The summed E-state index contributed by atoms with van der Waals surface area (Å²) >= 11 is 0. The van der Waals surface area contributed by atoms with Crippen LogP contribution >= 0.6 is 0 Å². The van der Waals surface area contributed by atoms with Crippen LogP contribution in [0.2, 0.25) is 0 Å². The number of likely N-dealkylation sites (tertiary alicyclic amines) is 3. The molecule has 0 radical (unpaired) electrons. The Kier molecular flexibility index (Phi) is 7.98. The van der Waals surface area contributed by atoms with E-state index < -0.39 is 6.23 Å². The minimum atomic E-state index is -0.676. The first kappa shape index (κ1) is 27.0. The molecule has 2 atom stereocenters. The first-order valence-corrected chi connectivity index (χ1v) is 15.7. The molecule has 1 unspecified atom stereocenters. The van der Waals surface area contributed by atoms with Crippen LogP contribution in [0.4, 0.5) is 5.82 Å². The Labute approximate surface area is 243 Å². The van der Waals surface area contributed by atoms with E-state index in [9.17, 15) is 5.11 Å². The third-order valence-corrected chi connectivity index (χ3v) is 9.41. The lowest BCUT2D eigenvalue weighted by atomic mass is 9.99. The fraction of sp³-hybridized carbons (Fsp3) is 0.545. The highest BCUT2D eigenvalue weighted by atomic mass is 16.7. The van der Waals surface area contributed by atoms with Crippen molar-refractivity contribution < 1.29 is 14.6 Å². The third-order valence-electron chi connectivity index (χ3n) is 9.41. The number of aromatic nitrogens is 1. The monoisotopic (exact) mass is 557 g/mol. The van der Waals surface area contributed by atoms with Crippen molar-refractivity contribution in [2.24, 2.45) is 0 Å². The van der Waals surface area contributed by atoms with Crippen molar-refractivity contribution in [2.45, 2.75) is 57.2 Å². The molecule has 0 aliphatic carbocycles. The lowest BCUT2D eigenvalue weighted by molar-refractivity contribution is -0.0127. The first-order chi connectivity index (χ1) is 20.2. The van der Waals surface area contributed by atoms with Crippen molar-refractivity contribution >= 4 is 16.7 Å². The van der Waals surface area contributed by atoms with Gasteiger partial charge in [0.15, 0.2) is 11.5 Å². The summed E-state index contributed by atoms with van der Waals surface area (Å²) < 4.78 is 11.2. The maximum absolute atomic E-state index is 12.0. The zero-order valence-corrected chi connectivity index (χ0v) is 24.1. The van der Waals surface area contributed by atoms with E-state index in [0.717, 1.165) is 83.9 Å². The van der Waals surface area contributed by atoms with Gasteiger partial charge >= 0.3 is 0 Å². The molecule has 5 heterocycles. The minimum absolute atomic E-state index is 0.263. The highest BCUT2D eigenvalue weighted by molar-refractivity contribution is 5.89. The predicted octanol–water partition coefficient (Wildman–Crippen LogP) is 5.08. The van der Waals surface area contributed by atoms with E-state index in [2.05, 4.69) is 50.3 Å². The zero-order chi connectivity index (χ0) is 27.6. The summed E-state index contributed by atoms with van der Waals surface area (Å²) in [6, 6.07) is 14.9. The SMILES string of the molecule is OC(c1cc(NCCN2CCCCC2)nc2ccc(-c3ccc4c(c3)OCO4)cc12)N1CCC[C@H]1CN1CCCC1. The molecule has 218 valence electrons. The molecule has 8 heteroatoms. The molecule has 3 aromatic rings. The van der Waals surface area contributed by atoms with Crippen molar-refractivity contribution in [3.63, 3.8) is 0 Å². The number of aliphatic hydroxyl groups is 1. The van der Waals surface area contributed by atoms with Crippen LogP contribution in [0.3, 0.4) is 0 Å². The summed E-state index contributed by atoms with van der Waals surface area (Å²) in [5.74, 6) is 2.40. The summed E-state index contributed by atoms with van der Waals surface area (Å²) in [7, 11) is 0. The molecule has 0 amide bonds. The Balaban J connectivity index is 1.19. The van der Waals surface area contributed by atoms with Gasteiger partial charge < -0.3 is 29.7 Å². The van der Waals surface area contributed by atoms with E-state index in [1.54, 1.807) is 0 Å². The van der Waals surface area contributed by atoms with Crippen LogP contribution in [-0.4, -0.2) is 90.0 Å². The first-order valence-electron chi connectivity index (χ1n) is 15.7. The number of anilines is 1. The molecule has 3 fully saturated rings. The number of aliphatic hydroxyl groups excluding tert-OH is 1. The second kappa shape index (κ2) is 12.1. The molecular formula is C33H43N5O3. The lowest BCUT2D eigenvalue weighted by Gasteiger charge is -2.33. The van der Waals surface area contributed by atoms with Gasteiger partial charge in [0, 0.05) is 43.2 Å². The van der Waals surface area contributed by atoms with Gasteiger partial charge in [0.1, 0.15) is 12.0 Å². The van der Waals surface area contributed by atoms with Crippen molar-refractivity contribution in [1.82, 2.24) is 19.7 Å². The van der Waals surface area contributed by atoms with Gasteiger partial charge in [-0.1, -0.05) is 18.6 Å². The molecule has 4 aliphatic rings. The van der Waals surface area contributed by atoms with Gasteiger partial charge in [-0.15, -0.1) is 0 Å². The van der Waals surface area contributed by atoms with Crippen molar-refractivity contribution in [3.05, 3.63) is 48.0 Å². The van der Waals surface area contributed by atoms with Gasteiger partial charge in [-0.3, -0.25) is 4.90 Å². The summed E-state index contributed by atoms with van der Waals surface area (Å²) in [6.07, 6.45) is 8.11. The van der Waals surface area contributed by atoms with Crippen molar-refractivity contribution in [1.29, 1.82) is 0 Å². The number of hydrogen-bond acceptors (Lipinski definition) is 8. The molecule has 2 N–H and O–H groups in total. The maximum atomic E-state index is 12.0. The quantitative estimate of drug-likeness (QED) is 0.378. The van der Waals surface area contributed by atoms with Gasteiger partial charge in [-0.2, -0.15) is 0 Å². The number of rotatable bonds is 9. The summed E-state index contributed by atoms with van der Waals surface area (Å²) in [4.78, 5) is 12.5. The van der Waals surface area contributed by atoms with Crippen LogP contribution in [0.1, 0.15) is 56.7 Å². The number of nitrogens with one attached hydrogen (secondary N) is 1. The second-order valence-electron chi connectivity index (χ2n) is 12.1. The van der Waals surface area contributed by atoms with Gasteiger partial charge in [0.25, 0.3) is 0 Å². The number of hydrogen-bond donors (Lipinski definition) is 2. The highest BCUT2D eigenvalue weighted by Gasteiger charge is 2.33. The smallest absolute Gasteiger partial charge is 0.231 e. The topological polar surface area (TPSA) is 73.3 Å². The normalized spacial score (nSPS) is 22.5. The number of nitrogens with zero attached hydrogens (tertiary/aromatic N) is 4. The van der Waals surface area contributed by atoms with Crippen molar-refractivity contribution in [2.75, 3.05) is 64.5 Å². The Morgan fingerprint density at radius 1 is 0.829 bits per heavy atom. The van der Waals surface area contributed by atoms with E-state index in [1.807, 2.05) is 12.1 Å². The van der Waals surface area contributed by atoms with Gasteiger partial charge in [0.05, 0.1) is 5.52 Å². The summed E-state index contributed by atoms with van der Waals surface area (Å²) in [5.41, 5.74) is 3.98. The van der Waals surface area contributed by atoms with Crippen LogP contribution in [-0.2, 0) is 0 Å². The Morgan fingerprint density at radius 3 is 2.46 bits per heavy atom. The Morgan fingerprint density at radius 2 is 1.59 bits per heavy atom. The van der Waals surface area contributed by atoms with E-state index >= 15 is 0 Å². The summed E-state index contributed by atoms with van der Waals surface area (Å²) in [6.45, 7) is 8.84. The van der Waals surface area contributed by atoms with Crippen LogP contribution in [0.15, 0.2) is 42.5 Å². The third kappa shape index (κ3) is 5.89. The average molecular weight is 558 g/mol. The molecular weight excluding hydrogens is 514 g/mol. The molecule has 0 saturated carbocycles. The number of pyridine rings is 1.